The second-order valence-corrected chi connectivity index (χ2v) is 23.4. The highest BCUT2D eigenvalue weighted by molar-refractivity contribution is 5.71. The van der Waals surface area contributed by atoms with Crippen LogP contribution in [0.1, 0.15) is 380 Å². The maximum absolute atomic E-state index is 13.0. The van der Waals surface area contributed by atoms with Crippen molar-refractivity contribution in [3.8, 4) is 0 Å². The molecule has 0 bridgehead atoms. The molecule has 6 heteroatoms. The van der Waals surface area contributed by atoms with E-state index in [0.29, 0.717) is 19.3 Å². The maximum atomic E-state index is 13.0. The van der Waals surface area contributed by atoms with E-state index in [2.05, 4.69) is 57.2 Å². The molecule has 0 aliphatic rings. The fraction of sp³-hybridized carbons (Fsp3) is 0.873. The summed E-state index contributed by atoms with van der Waals surface area (Å²) in [4.78, 5) is 38.4. The lowest BCUT2D eigenvalue weighted by Crippen LogP contribution is -2.30. The summed E-state index contributed by atoms with van der Waals surface area (Å²) in [6, 6.07) is 0. The molecule has 0 amide bonds. The van der Waals surface area contributed by atoms with E-state index in [-0.39, 0.29) is 31.1 Å². The molecular weight excluding hydrogens is 949 g/mol. The minimum absolute atomic E-state index is 0.0713. The molecule has 0 aliphatic carbocycles. The summed E-state index contributed by atoms with van der Waals surface area (Å²) in [5, 5.41) is 0. The van der Waals surface area contributed by atoms with Crippen LogP contribution in [0.4, 0.5) is 0 Å². The topological polar surface area (TPSA) is 78.9 Å². The molecule has 1 unspecified atom stereocenters. The molecule has 0 fully saturated rings. The summed E-state index contributed by atoms with van der Waals surface area (Å²) >= 11 is 0. The van der Waals surface area contributed by atoms with E-state index in [1.54, 1.807) is 0 Å². The fourth-order valence-electron chi connectivity index (χ4n) is 10.4. The molecule has 0 rings (SSSR count). The average molecular weight is 1080 g/mol. The molecular formula is C71H132O6. The molecule has 0 aromatic heterocycles. The summed E-state index contributed by atoms with van der Waals surface area (Å²) in [6.45, 7) is 6.68. The van der Waals surface area contributed by atoms with E-state index in [1.165, 1.54) is 270 Å². The predicted octanol–water partition coefficient (Wildman–Crippen LogP) is 23.6. The molecule has 0 aromatic carbocycles. The number of ether oxygens (including phenoxy) is 3. The van der Waals surface area contributed by atoms with Gasteiger partial charge in [0.05, 0.1) is 0 Å². The number of rotatable bonds is 64. The van der Waals surface area contributed by atoms with Crippen molar-refractivity contribution >= 4 is 17.9 Å². The smallest absolute Gasteiger partial charge is 0.306 e. The van der Waals surface area contributed by atoms with Crippen LogP contribution in [0, 0.1) is 0 Å². The van der Waals surface area contributed by atoms with Crippen molar-refractivity contribution in [3.63, 3.8) is 0 Å². The van der Waals surface area contributed by atoms with Gasteiger partial charge < -0.3 is 14.2 Å². The van der Waals surface area contributed by atoms with Crippen molar-refractivity contribution in [2.75, 3.05) is 13.2 Å². The van der Waals surface area contributed by atoms with E-state index in [1.807, 2.05) is 0 Å². The van der Waals surface area contributed by atoms with Crippen molar-refractivity contribution in [2.24, 2.45) is 0 Å². The summed E-state index contributed by atoms with van der Waals surface area (Å²) in [5.74, 6) is -0.852. The number of carbonyl (C=O) groups excluding carboxylic acids is 3. The van der Waals surface area contributed by atoms with Crippen LogP contribution in [0.15, 0.2) is 36.5 Å². The van der Waals surface area contributed by atoms with Crippen molar-refractivity contribution < 1.29 is 28.6 Å². The van der Waals surface area contributed by atoms with Gasteiger partial charge in [0.15, 0.2) is 6.10 Å². The molecule has 77 heavy (non-hydrogen) atoms. The largest absolute Gasteiger partial charge is 0.462 e. The normalized spacial score (nSPS) is 12.2. The lowest BCUT2D eigenvalue weighted by atomic mass is 10.0. The molecule has 0 radical (unpaired) electrons. The number of hydrogen-bond acceptors (Lipinski definition) is 6. The standard InChI is InChI=1S/C71H132O6/c1-4-7-10-13-16-19-22-25-28-31-33-35-37-40-43-46-49-52-55-58-61-64-70(73)76-67-68(66-75-69(72)63-60-57-54-51-48-45-42-39-30-27-24-21-18-15-12-9-6-3)77-71(74)65-62-59-56-53-50-47-44-41-38-36-34-32-29-26-23-20-17-14-11-8-5-2/h18,21,27,30-31,33,68H,4-17,19-20,22-26,28-29,32,34-67H2,1-3H3/b21-18-,30-27-,33-31-. The van der Waals surface area contributed by atoms with E-state index in [4.69, 9.17) is 14.2 Å². The predicted molar refractivity (Wildman–Crippen MR) is 335 cm³/mol. The quantitative estimate of drug-likeness (QED) is 0.0261. The molecule has 0 aromatic rings. The van der Waals surface area contributed by atoms with Crippen molar-refractivity contribution in [3.05, 3.63) is 36.5 Å². The molecule has 0 N–H and O–H groups in total. The van der Waals surface area contributed by atoms with Gasteiger partial charge in [-0.1, -0.05) is 320 Å². The van der Waals surface area contributed by atoms with Gasteiger partial charge in [0.25, 0.3) is 0 Å². The van der Waals surface area contributed by atoms with E-state index in [9.17, 15) is 14.4 Å². The van der Waals surface area contributed by atoms with Gasteiger partial charge in [-0.25, -0.2) is 0 Å². The second-order valence-electron chi connectivity index (χ2n) is 23.4. The summed E-state index contributed by atoms with van der Waals surface area (Å²) in [7, 11) is 0. The van der Waals surface area contributed by atoms with Gasteiger partial charge in [-0.3, -0.25) is 14.4 Å². The van der Waals surface area contributed by atoms with Gasteiger partial charge in [0.2, 0.25) is 0 Å². The fourth-order valence-corrected chi connectivity index (χ4v) is 10.4. The van der Waals surface area contributed by atoms with Crippen LogP contribution in [0.3, 0.4) is 0 Å². The van der Waals surface area contributed by atoms with Gasteiger partial charge in [-0.05, 0) is 77.0 Å². The Balaban J connectivity index is 4.32. The number of allylic oxidation sites excluding steroid dienone is 6. The van der Waals surface area contributed by atoms with Gasteiger partial charge in [-0.15, -0.1) is 0 Å². The van der Waals surface area contributed by atoms with Crippen LogP contribution in [0.2, 0.25) is 0 Å². The zero-order valence-electron chi connectivity index (χ0n) is 52.0. The third-order valence-corrected chi connectivity index (χ3v) is 15.6. The first-order valence-corrected chi connectivity index (χ1v) is 34.5. The van der Waals surface area contributed by atoms with E-state index < -0.39 is 6.10 Å². The summed E-state index contributed by atoms with van der Waals surface area (Å²) in [6.07, 6.45) is 81.6. The Kier molecular flexibility index (Phi) is 64.1. The van der Waals surface area contributed by atoms with Crippen LogP contribution >= 0.6 is 0 Å². The Bertz CT molecular complexity index is 1290. The first-order valence-electron chi connectivity index (χ1n) is 34.5. The minimum Gasteiger partial charge on any atom is -0.462 e. The van der Waals surface area contributed by atoms with Gasteiger partial charge in [-0.2, -0.15) is 0 Å². The lowest BCUT2D eigenvalue weighted by Gasteiger charge is -2.18. The highest BCUT2D eigenvalue weighted by Crippen LogP contribution is 2.18. The van der Waals surface area contributed by atoms with Gasteiger partial charge >= 0.3 is 17.9 Å². The number of unbranched alkanes of at least 4 members (excludes halogenated alkanes) is 47. The Hall–Kier alpha value is -2.37. The van der Waals surface area contributed by atoms with Crippen LogP contribution in [-0.2, 0) is 28.6 Å². The van der Waals surface area contributed by atoms with Crippen LogP contribution in [0.25, 0.3) is 0 Å². The van der Waals surface area contributed by atoms with Crippen molar-refractivity contribution in [1.29, 1.82) is 0 Å². The monoisotopic (exact) mass is 1080 g/mol. The van der Waals surface area contributed by atoms with E-state index >= 15 is 0 Å². The zero-order chi connectivity index (χ0) is 55.7. The first-order chi connectivity index (χ1) is 38.0. The lowest BCUT2D eigenvalue weighted by molar-refractivity contribution is -0.167. The maximum Gasteiger partial charge on any atom is 0.306 e. The number of carbonyl (C=O) groups is 3. The van der Waals surface area contributed by atoms with Crippen LogP contribution in [-0.4, -0.2) is 37.2 Å². The molecule has 0 spiro atoms. The van der Waals surface area contributed by atoms with Gasteiger partial charge in [0.1, 0.15) is 13.2 Å². The van der Waals surface area contributed by atoms with Gasteiger partial charge in [0, 0.05) is 19.3 Å². The SMILES string of the molecule is CCCCC/C=C\C/C=C\CCCCCCCCCC(=O)OCC(COC(=O)CCCCCCCCCCC/C=C\CCCCCCCCCC)OC(=O)CCCCCCCCCCCCCCCCCCCCCCC. The third-order valence-electron chi connectivity index (χ3n) is 15.6. The Morgan fingerprint density at radius 1 is 0.260 bits per heavy atom. The van der Waals surface area contributed by atoms with Crippen LogP contribution in [0.5, 0.6) is 0 Å². The molecule has 0 aliphatic heterocycles. The molecule has 1 atom stereocenters. The summed E-state index contributed by atoms with van der Waals surface area (Å²) < 4.78 is 17.0. The Labute approximate surface area is 480 Å². The van der Waals surface area contributed by atoms with Crippen molar-refractivity contribution in [1.82, 2.24) is 0 Å². The Morgan fingerprint density at radius 2 is 0.468 bits per heavy atom. The molecule has 0 saturated heterocycles. The zero-order valence-corrected chi connectivity index (χ0v) is 52.0. The van der Waals surface area contributed by atoms with Crippen molar-refractivity contribution in [2.45, 2.75) is 386 Å². The van der Waals surface area contributed by atoms with E-state index in [0.717, 1.165) is 70.6 Å². The highest BCUT2D eigenvalue weighted by Gasteiger charge is 2.19. The first kappa shape index (κ1) is 74.6. The number of hydrogen-bond donors (Lipinski definition) is 0. The molecule has 0 heterocycles. The molecule has 6 nitrogen and oxygen atoms in total. The molecule has 0 saturated carbocycles. The third kappa shape index (κ3) is 64.3. The average Bonchev–Trinajstić information content (AvgIpc) is 3.43. The number of esters is 3. The summed E-state index contributed by atoms with van der Waals surface area (Å²) in [5.41, 5.74) is 0. The Morgan fingerprint density at radius 3 is 0.753 bits per heavy atom. The minimum atomic E-state index is -0.775. The second kappa shape index (κ2) is 66.1. The molecule has 452 valence electrons. The van der Waals surface area contributed by atoms with Crippen LogP contribution < -0.4 is 0 Å². The highest BCUT2D eigenvalue weighted by atomic mass is 16.6.